The van der Waals surface area contributed by atoms with E-state index in [4.69, 9.17) is 17.3 Å². The fraction of sp³-hybridized carbons (Fsp3) is 0.300. The van der Waals surface area contributed by atoms with E-state index >= 15 is 0 Å². The van der Waals surface area contributed by atoms with Crippen LogP contribution in [0.4, 0.5) is 0 Å². The molecule has 0 saturated carbocycles. The van der Waals surface area contributed by atoms with Gasteiger partial charge < -0.3 is 11.1 Å². The quantitative estimate of drug-likeness (QED) is 0.725. The molecule has 3 nitrogen and oxygen atoms in total. The van der Waals surface area contributed by atoms with Gasteiger partial charge in [-0.15, -0.1) is 0 Å². The number of benzene rings is 1. The predicted molar refractivity (Wildman–Crippen MR) is 55.5 cm³/mol. The summed E-state index contributed by atoms with van der Waals surface area (Å²) in [7, 11) is 0. The molecule has 0 aliphatic carbocycles. The largest absolute Gasteiger partial charge is 0.348 e. The molecule has 0 fully saturated rings. The van der Waals surface area contributed by atoms with Gasteiger partial charge in [0, 0.05) is 23.2 Å². The summed E-state index contributed by atoms with van der Waals surface area (Å²) in [5.41, 5.74) is 7.20. The Labute approximate surface area is 87.2 Å². The van der Waals surface area contributed by atoms with Crippen LogP contribution in [0.15, 0.2) is 18.2 Å². The van der Waals surface area contributed by atoms with Crippen LogP contribution in [0.1, 0.15) is 15.9 Å². The summed E-state index contributed by atoms with van der Waals surface area (Å²) in [6.45, 7) is 0.456. The van der Waals surface area contributed by atoms with Crippen LogP contribution in [0.25, 0.3) is 0 Å². The molecule has 14 heavy (non-hydrogen) atoms. The number of rotatable bonds is 1. The molecule has 1 unspecified atom stereocenters. The fourth-order valence-corrected chi connectivity index (χ4v) is 1.87. The monoisotopic (exact) mass is 210 g/mol. The number of hydrogen-bond acceptors (Lipinski definition) is 2. The molecule has 1 amide bonds. The number of carbonyl (C=O) groups excluding carboxylic acids is 1. The lowest BCUT2D eigenvalue weighted by Gasteiger charge is -2.24. The molecule has 74 valence electrons. The molecule has 0 aromatic heterocycles. The van der Waals surface area contributed by atoms with E-state index < -0.39 is 0 Å². The molecular formula is C10H11ClN2O. The van der Waals surface area contributed by atoms with Crippen molar-refractivity contribution in [2.45, 2.75) is 12.5 Å². The van der Waals surface area contributed by atoms with E-state index in [1.807, 2.05) is 6.07 Å². The smallest absolute Gasteiger partial charge is 0.251 e. The van der Waals surface area contributed by atoms with Crippen LogP contribution in [0.5, 0.6) is 0 Å². The van der Waals surface area contributed by atoms with Crippen LogP contribution in [0, 0.1) is 0 Å². The maximum absolute atomic E-state index is 11.6. The summed E-state index contributed by atoms with van der Waals surface area (Å²) < 4.78 is 0. The van der Waals surface area contributed by atoms with Gasteiger partial charge in [0.25, 0.3) is 5.91 Å². The normalized spacial score (nSPS) is 20.1. The minimum absolute atomic E-state index is 0.0356. The molecule has 1 atom stereocenters. The van der Waals surface area contributed by atoms with Crippen molar-refractivity contribution in [2.75, 3.05) is 6.54 Å². The number of amides is 1. The topological polar surface area (TPSA) is 55.1 Å². The third kappa shape index (κ3) is 1.61. The van der Waals surface area contributed by atoms with E-state index in [0.29, 0.717) is 17.1 Å². The zero-order chi connectivity index (χ0) is 10.1. The van der Waals surface area contributed by atoms with Crippen molar-refractivity contribution < 1.29 is 4.79 Å². The lowest BCUT2D eigenvalue weighted by molar-refractivity contribution is 0.0927. The summed E-state index contributed by atoms with van der Waals surface area (Å²) in [5, 5.41) is 3.50. The Kier molecular flexibility index (Phi) is 2.44. The summed E-state index contributed by atoms with van der Waals surface area (Å²) >= 11 is 5.85. The van der Waals surface area contributed by atoms with Gasteiger partial charge in [0.15, 0.2) is 0 Å². The fourth-order valence-electron chi connectivity index (χ4n) is 1.67. The van der Waals surface area contributed by atoms with Crippen molar-refractivity contribution in [3.8, 4) is 0 Å². The van der Waals surface area contributed by atoms with Gasteiger partial charge in [-0.2, -0.15) is 0 Å². The maximum Gasteiger partial charge on any atom is 0.251 e. The molecule has 0 bridgehead atoms. The van der Waals surface area contributed by atoms with Crippen LogP contribution in [0.3, 0.4) is 0 Å². The second kappa shape index (κ2) is 3.59. The number of carbonyl (C=O) groups is 1. The van der Waals surface area contributed by atoms with E-state index in [9.17, 15) is 4.79 Å². The highest BCUT2D eigenvalue weighted by atomic mass is 35.5. The molecule has 1 aliphatic rings. The van der Waals surface area contributed by atoms with Gasteiger partial charge in [-0.3, -0.25) is 4.79 Å². The van der Waals surface area contributed by atoms with Crippen LogP contribution in [-0.2, 0) is 6.42 Å². The first-order valence-corrected chi connectivity index (χ1v) is 4.88. The van der Waals surface area contributed by atoms with E-state index in [1.165, 1.54) is 0 Å². The predicted octanol–water partition coefficient (Wildman–Crippen LogP) is 0.953. The SMILES string of the molecule is NCC1Cc2cc(Cl)ccc2C(=O)N1. The first-order valence-electron chi connectivity index (χ1n) is 4.50. The first kappa shape index (κ1) is 9.49. The average molecular weight is 211 g/mol. The molecule has 4 heteroatoms. The lowest BCUT2D eigenvalue weighted by Crippen LogP contribution is -2.45. The van der Waals surface area contributed by atoms with Gasteiger partial charge >= 0.3 is 0 Å². The molecule has 0 spiro atoms. The van der Waals surface area contributed by atoms with Crippen molar-refractivity contribution in [3.05, 3.63) is 34.3 Å². The van der Waals surface area contributed by atoms with Crippen LogP contribution >= 0.6 is 11.6 Å². The number of nitrogens with one attached hydrogen (secondary N) is 1. The zero-order valence-corrected chi connectivity index (χ0v) is 8.34. The van der Waals surface area contributed by atoms with Gasteiger partial charge in [-0.05, 0) is 30.2 Å². The highest BCUT2D eigenvalue weighted by molar-refractivity contribution is 6.30. The maximum atomic E-state index is 11.6. The third-order valence-electron chi connectivity index (χ3n) is 2.40. The van der Waals surface area contributed by atoms with E-state index in [0.717, 1.165) is 12.0 Å². The van der Waals surface area contributed by atoms with E-state index in [-0.39, 0.29) is 11.9 Å². The van der Waals surface area contributed by atoms with Gasteiger partial charge in [0.05, 0.1) is 0 Å². The molecule has 1 aromatic carbocycles. The van der Waals surface area contributed by atoms with Gasteiger partial charge in [0.2, 0.25) is 0 Å². The third-order valence-corrected chi connectivity index (χ3v) is 2.63. The molecule has 1 aromatic rings. The zero-order valence-electron chi connectivity index (χ0n) is 7.59. The molecule has 0 radical (unpaired) electrons. The second-order valence-electron chi connectivity index (χ2n) is 3.41. The van der Waals surface area contributed by atoms with E-state index in [2.05, 4.69) is 5.32 Å². The van der Waals surface area contributed by atoms with E-state index in [1.54, 1.807) is 12.1 Å². The second-order valence-corrected chi connectivity index (χ2v) is 3.85. The van der Waals surface area contributed by atoms with Crippen LogP contribution < -0.4 is 11.1 Å². The molecule has 0 saturated heterocycles. The highest BCUT2D eigenvalue weighted by Gasteiger charge is 2.22. The number of fused-ring (bicyclic) bond motifs is 1. The van der Waals surface area contributed by atoms with Crippen molar-refractivity contribution in [1.29, 1.82) is 0 Å². The van der Waals surface area contributed by atoms with Gasteiger partial charge in [-0.25, -0.2) is 0 Å². The Balaban J connectivity index is 2.40. The van der Waals surface area contributed by atoms with Crippen molar-refractivity contribution in [2.24, 2.45) is 5.73 Å². The molecule has 2 rings (SSSR count). The molecule has 1 aliphatic heterocycles. The summed E-state index contributed by atoms with van der Waals surface area (Å²) in [5.74, 6) is -0.0571. The van der Waals surface area contributed by atoms with Gasteiger partial charge in [-0.1, -0.05) is 11.6 Å². The standard InChI is InChI=1S/C10H11ClN2O/c11-7-1-2-9-6(3-7)4-8(5-12)13-10(9)14/h1-3,8H,4-5,12H2,(H,13,14). The number of nitrogens with two attached hydrogens (primary N) is 1. The van der Waals surface area contributed by atoms with Gasteiger partial charge in [0.1, 0.15) is 0 Å². The molecule has 1 heterocycles. The Bertz CT molecular complexity index is 378. The Morgan fingerprint density at radius 3 is 3.07 bits per heavy atom. The highest BCUT2D eigenvalue weighted by Crippen LogP contribution is 2.20. The Morgan fingerprint density at radius 1 is 1.57 bits per heavy atom. The van der Waals surface area contributed by atoms with Crippen molar-refractivity contribution in [1.82, 2.24) is 5.32 Å². The van der Waals surface area contributed by atoms with Crippen LogP contribution in [0.2, 0.25) is 5.02 Å². The minimum Gasteiger partial charge on any atom is -0.348 e. The number of halogens is 1. The average Bonchev–Trinajstić information content (AvgIpc) is 2.16. The van der Waals surface area contributed by atoms with Crippen molar-refractivity contribution in [3.63, 3.8) is 0 Å². The van der Waals surface area contributed by atoms with Crippen LogP contribution in [-0.4, -0.2) is 18.5 Å². The van der Waals surface area contributed by atoms with Crippen molar-refractivity contribution >= 4 is 17.5 Å². The minimum atomic E-state index is -0.0571. The first-order chi connectivity index (χ1) is 6.70. The molecular weight excluding hydrogens is 200 g/mol. The summed E-state index contributed by atoms with van der Waals surface area (Å²) in [4.78, 5) is 11.6. The number of hydrogen-bond donors (Lipinski definition) is 2. The summed E-state index contributed by atoms with van der Waals surface area (Å²) in [6, 6.07) is 5.34. The molecule has 3 N–H and O–H groups in total. The Morgan fingerprint density at radius 2 is 2.36 bits per heavy atom. The Hall–Kier alpha value is -1.06. The lowest BCUT2D eigenvalue weighted by atomic mass is 9.95. The summed E-state index contributed by atoms with van der Waals surface area (Å²) in [6.07, 6.45) is 0.762.